The molecule has 1 aliphatic heterocycles. The van der Waals surface area contributed by atoms with E-state index >= 15 is 0 Å². The lowest BCUT2D eigenvalue weighted by Crippen LogP contribution is -2.39. The number of imidazole rings is 1. The van der Waals surface area contributed by atoms with Crippen molar-refractivity contribution in [3.63, 3.8) is 0 Å². The van der Waals surface area contributed by atoms with Crippen LogP contribution in [0.4, 0.5) is 0 Å². The molecule has 1 fully saturated rings. The van der Waals surface area contributed by atoms with Crippen LogP contribution in [0.3, 0.4) is 0 Å². The summed E-state index contributed by atoms with van der Waals surface area (Å²) in [5.74, 6) is 1.72. The van der Waals surface area contributed by atoms with Gasteiger partial charge in [0.2, 0.25) is 10.0 Å². The highest BCUT2D eigenvalue weighted by atomic mass is 32.2. The van der Waals surface area contributed by atoms with E-state index in [0.717, 1.165) is 29.2 Å². The van der Waals surface area contributed by atoms with Gasteiger partial charge in [0.15, 0.2) is 0 Å². The summed E-state index contributed by atoms with van der Waals surface area (Å²) in [5.41, 5.74) is 1.02. The lowest BCUT2D eigenvalue weighted by molar-refractivity contribution is 0.314. The van der Waals surface area contributed by atoms with Crippen molar-refractivity contribution < 1.29 is 13.2 Å². The Bertz CT molecular complexity index is 1020. The van der Waals surface area contributed by atoms with Crippen LogP contribution in [0.25, 0.3) is 4.83 Å². The van der Waals surface area contributed by atoms with Crippen molar-refractivity contribution in [3.8, 4) is 5.75 Å². The minimum Gasteiger partial charge on any atom is -0.497 e. The number of aryl methyl sites for hydroxylation is 1. The minimum atomic E-state index is -3.51. The maximum Gasteiger partial charge on any atom is 0.243 e. The molecule has 0 radical (unpaired) electrons. The van der Waals surface area contributed by atoms with Gasteiger partial charge in [-0.3, -0.25) is 4.40 Å². The Labute approximate surface area is 157 Å². The molecule has 0 saturated carbocycles. The van der Waals surface area contributed by atoms with Crippen molar-refractivity contribution in [2.24, 2.45) is 0 Å². The summed E-state index contributed by atoms with van der Waals surface area (Å²) in [4.78, 5) is 6.15. The minimum absolute atomic E-state index is 0.124. The zero-order valence-corrected chi connectivity index (χ0v) is 16.4. The Morgan fingerprint density at radius 1 is 1.27 bits per heavy atom. The van der Waals surface area contributed by atoms with Gasteiger partial charge in [-0.2, -0.15) is 4.31 Å². The molecule has 0 spiro atoms. The fourth-order valence-corrected chi connectivity index (χ4v) is 6.02. The fourth-order valence-electron chi connectivity index (χ4n) is 3.54. The van der Waals surface area contributed by atoms with Gasteiger partial charge in [-0.15, -0.1) is 11.3 Å². The van der Waals surface area contributed by atoms with E-state index in [0.29, 0.717) is 23.7 Å². The number of aromatic nitrogens is 2. The van der Waals surface area contributed by atoms with E-state index in [1.165, 1.54) is 0 Å². The van der Waals surface area contributed by atoms with Crippen LogP contribution in [0.1, 0.15) is 30.3 Å². The van der Waals surface area contributed by atoms with E-state index in [1.54, 1.807) is 47.0 Å². The Balaban J connectivity index is 1.62. The number of nitrogens with zero attached hydrogens (tertiary/aromatic N) is 3. The van der Waals surface area contributed by atoms with Gasteiger partial charge in [0.1, 0.15) is 16.4 Å². The number of benzene rings is 1. The van der Waals surface area contributed by atoms with Gasteiger partial charge in [0.25, 0.3) is 0 Å². The molecule has 1 aliphatic rings. The molecule has 0 bridgehead atoms. The molecule has 0 aliphatic carbocycles. The molecule has 138 valence electrons. The number of rotatable bonds is 4. The third kappa shape index (κ3) is 2.91. The van der Waals surface area contributed by atoms with Gasteiger partial charge in [-0.1, -0.05) is 0 Å². The number of hydrogen-bond acceptors (Lipinski definition) is 5. The maximum absolute atomic E-state index is 13.0. The van der Waals surface area contributed by atoms with Gasteiger partial charge >= 0.3 is 0 Å². The monoisotopic (exact) mass is 391 g/mol. The number of sulfonamides is 1. The first-order valence-electron chi connectivity index (χ1n) is 8.57. The molecule has 8 heteroatoms. The van der Waals surface area contributed by atoms with Crippen molar-refractivity contribution >= 4 is 26.2 Å². The molecular formula is C18H21N3O3S2. The third-order valence-electron chi connectivity index (χ3n) is 4.93. The number of piperidine rings is 1. The number of thiazole rings is 1. The highest BCUT2D eigenvalue weighted by Crippen LogP contribution is 2.34. The SMILES string of the molecule is COc1ccc(S(=O)(=O)N2CCCC(c3nc(C)n4ccsc34)C2)cc1. The highest BCUT2D eigenvalue weighted by molar-refractivity contribution is 7.89. The van der Waals surface area contributed by atoms with Crippen LogP contribution in [-0.4, -0.2) is 42.3 Å². The average Bonchev–Trinajstić information content (AvgIpc) is 3.26. The zero-order chi connectivity index (χ0) is 18.3. The summed E-state index contributed by atoms with van der Waals surface area (Å²) in [6, 6.07) is 6.58. The normalized spacial score (nSPS) is 19.1. The van der Waals surface area contributed by atoms with E-state index < -0.39 is 10.0 Å². The summed E-state index contributed by atoms with van der Waals surface area (Å²) in [5, 5.41) is 2.04. The zero-order valence-electron chi connectivity index (χ0n) is 14.8. The lowest BCUT2D eigenvalue weighted by atomic mass is 9.97. The van der Waals surface area contributed by atoms with Crippen LogP contribution >= 0.6 is 11.3 Å². The number of hydrogen-bond donors (Lipinski definition) is 0. The lowest BCUT2D eigenvalue weighted by Gasteiger charge is -2.31. The topological polar surface area (TPSA) is 63.9 Å². The van der Waals surface area contributed by atoms with E-state index in [1.807, 2.05) is 18.5 Å². The Morgan fingerprint density at radius 3 is 2.77 bits per heavy atom. The Morgan fingerprint density at radius 2 is 2.04 bits per heavy atom. The van der Waals surface area contributed by atoms with Crippen LogP contribution in [0.2, 0.25) is 0 Å². The summed E-state index contributed by atoms with van der Waals surface area (Å²) in [7, 11) is -1.95. The Hall–Kier alpha value is -1.90. The van der Waals surface area contributed by atoms with Crippen LogP contribution in [-0.2, 0) is 10.0 Å². The smallest absolute Gasteiger partial charge is 0.243 e. The van der Waals surface area contributed by atoms with Gasteiger partial charge in [0.05, 0.1) is 17.7 Å². The summed E-state index contributed by atoms with van der Waals surface area (Å²) < 4.78 is 34.9. The first-order valence-corrected chi connectivity index (χ1v) is 10.9. The molecule has 2 aromatic heterocycles. The molecule has 3 aromatic rings. The molecule has 0 amide bonds. The predicted octanol–water partition coefficient (Wildman–Crippen LogP) is 3.28. The number of methoxy groups -OCH3 is 1. The van der Waals surface area contributed by atoms with Crippen LogP contribution in [0.15, 0.2) is 40.7 Å². The van der Waals surface area contributed by atoms with Crippen LogP contribution in [0.5, 0.6) is 5.75 Å². The first-order chi connectivity index (χ1) is 12.5. The Kier molecular flexibility index (Phi) is 4.50. The van der Waals surface area contributed by atoms with Gasteiger partial charge in [-0.25, -0.2) is 13.4 Å². The third-order valence-corrected chi connectivity index (χ3v) is 7.69. The van der Waals surface area contributed by atoms with Gasteiger partial charge < -0.3 is 4.74 Å². The summed E-state index contributed by atoms with van der Waals surface area (Å²) in [6.45, 7) is 3.00. The second-order valence-electron chi connectivity index (χ2n) is 6.50. The largest absolute Gasteiger partial charge is 0.497 e. The summed E-state index contributed by atoms with van der Waals surface area (Å²) in [6.07, 6.45) is 3.81. The van der Waals surface area contributed by atoms with E-state index in [9.17, 15) is 8.42 Å². The van der Waals surface area contributed by atoms with Crippen LogP contribution in [0, 0.1) is 6.92 Å². The molecule has 1 unspecified atom stereocenters. The van der Waals surface area contributed by atoms with Crippen molar-refractivity contribution in [2.75, 3.05) is 20.2 Å². The van der Waals surface area contributed by atoms with E-state index in [4.69, 9.17) is 9.72 Å². The first kappa shape index (κ1) is 17.5. The van der Waals surface area contributed by atoms with Crippen molar-refractivity contribution in [1.82, 2.24) is 13.7 Å². The second-order valence-corrected chi connectivity index (χ2v) is 9.33. The molecule has 1 atom stereocenters. The van der Waals surface area contributed by atoms with Crippen molar-refractivity contribution in [3.05, 3.63) is 47.4 Å². The standard InChI is InChI=1S/C18H21N3O3S2/c1-13-19-17(18-21(13)10-11-25-18)14-4-3-9-20(12-14)26(22,23)16-7-5-15(24-2)6-8-16/h5-8,10-11,14H,3-4,9,12H2,1-2H3. The predicted molar refractivity (Wildman–Crippen MR) is 102 cm³/mol. The number of ether oxygens (including phenoxy) is 1. The maximum atomic E-state index is 13.0. The molecule has 26 heavy (non-hydrogen) atoms. The quantitative estimate of drug-likeness (QED) is 0.685. The molecular weight excluding hydrogens is 370 g/mol. The van der Waals surface area contributed by atoms with Gasteiger partial charge in [-0.05, 0) is 44.0 Å². The van der Waals surface area contributed by atoms with E-state index in [2.05, 4.69) is 4.40 Å². The molecule has 6 nitrogen and oxygen atoms in total. The van der Waals surface area contributed by atoms with Crippen molar-refractivity contribution in [1.29, 1.82) is 0 Å². The number of fused-ring (bicyclic) bond motifs is 1. The van der Waals surface area contributed by atoms with Crippen molar-refractivity contribution in [2.45, 2.75) is 30.6 Å². The average molecular weight is 392 g/mol. The van der Waals surface area contributed by atoms with E-state index in [-0.39, 0.29) is 5.92 Å². The second kappa shape index (κ2) is 6.68. The molecule has 1 aromatic carbocycles. The fraction of sp³-hybridized carbons (Fsp3) is 0.389. The molecule has 1 saturated heterocycles. The van der Waals surface area contributed by atoms with Gasteiger partial charge in [0, 0.05) is 30.6 Å². The summed E-state index contributed by atoms with van der Waals surface area (Å²) >= 11 is 1.66. The molecule has 0 N–H and O–H groups in total. The molecule has 3 heterocycles. The highest BCUT2D eigenvalue weighted by Gasteiger charge is 2.33. The molecule has 4 rings (SSSR count). The van der Waals surface area contributed by atoms with Crippen LogP contribution < -0.4 is 4.74 Å².